The van der Waals surface area contributed by atoms with Gasteiger partial charge >= 0.3 is 0 Å². The van der Waals surface area contributed by atoms with Crippen LogP contribution in [0.5, 0.6) is 0 Å². The van der Waals surface area contributed by atoms with Crippen molar-refractivity contribution in [3.63, 3.8) is 0 Å². The molecule has 0 spiro atoms. The van der Waals surface area contributed by atoms with Crippen LogP contribution in [-0.4, -0.2) is 13.0 Å². The zero-order valence-electron chi connectivity index (χ0n) is 7.05. The lowest BCUT2D eigenvalue weighted by molar-refractivity contribution is -0.106. The van der Waals surface area contributed by atoms with E-state index in [1.807, 2.05) is 0 Å². The molecule has 0 fully saturated rings. The number of hydrogen-bond donors (Lipinski definition) is 2. The van der Waals surface area contributed by atoms with Crippen LogP contribution in [0, 0.1) is 5.41 Å². The molecule has 62 valence electrons. The molecular weight excluding hydrogens is 128 g/mol. The zero-order valence-corrected chi connectivity index (χ0v) is 7.05. The fourth-order valence-electron chi connectivity index (χ4n) is 0.144. The molecule has 0 heterocycles. The Hall–Kier alpha value is -0.570. The van der Waals surface area contributed by atoms with E-state index in [2.05, 4.69) is 26.5 Å². The quantitative estimate of drug-likeness (QED) is 0.556. The summed E-state index contributed by atoms with van der Waals surface area (Å²) < 4.78 is 0. The maximum absolute atomic E-state index is 8.58. The Labute approximate surface area is 62.8 Å². The van der Waals surface area contributed by atoms with Crippen LogP contribution in [0.3, 0.4) is 0 Å². The van der Waals surface area contributed by atoms with Crippen LogP contribution in [-0.2, 0) is 4.79 Å². The molecule has 0 aromatic carbocycles. The average Bonchev–Trinajstić information content (AvgIpc) is 1.90. The van der Waals surface area contributed by atoms with E-state index in [0.29, 0.717) is 5.41 Å². The molecule has 0 saturated heterocycles. The third-order valence-corrected chi connectivity index (χ3v) is 1.51. The highest BCUT2D eigenvalue weighted by molar-refractivity contribution is 5.42. The van der Waals surface area contributed by atoms with Crippen molar-refractivity contribution in [2.24, 2.45) is 16.9 Å². The molecule has 0 aliphatic carbocycles. The van der Waals surface area contributed by atoms with E-state index < -0.39 is 0 Å². The van der Waals surface area contributed by atoms with Gasteiger partial charge in [-0.2, -0.15) is 0 Å². The van der Waals surface area contributed by atoms with Gasteiger partial charge in [-0.05, 0) is 18.4 Å². The van der Waals surface area contributed by atoms with Gasteiger partial charge in [0.25, 0.3) is 0 Å². The fraction of sp³-hybridized carbons (Fsp3) is 0.857. The highest BCUT2D eigenvalue weighted by Crippen LogP contribution is 2.15. The van der Waals surface area contributed by atoms with Gasteiger partial charge in [0.15, 0.2) is 0 Å². The predicted molar refractivity (Wildman–Crippen MR) is 43.4 cm³/mol. The summed E-state index contributed by atoms with van der Waals surface area (Å²) in [5.41, 5.74) is 9.94. The van der Waals surface area contributed by atoms with Gasteiger partial charge in [0, 0.05) is 0 Å². The van der Waals surface area contributed by atoms with Crippen molar-refractivity contribution >= 4 is 6.41 Å². The van der Waals surface area contributed by atoms with Crippen LogP contribution < -0.4 is 11.5 Å². The van der Waals surface area contributed by atoms with Gasteiger partial charge in [0.1, 0.15) is 0 Å². The van der Waals surface area contributed by atoms with Crippen LogP contribution in [0.25, 0.3) is 0 Å². The standard InChI is InChI=1S/C6H15N.CH3NO/c1-4-6(2,3)5-7;2-1-3/h4-5,7H2,1-3H3;1H,(H2,2,3). The second kappa shape index (κ2) is 6.55. The lowest BCUT2D eigenvalue weighted by Gasteiger charge is -2.18. The number of amides is 1. The van der Waals surface area contributed by atoms with Crippen LogP contribution in [0.2, 0.25) is 0 Å². The number of carbonyl (C=O) groups excluding carboxylic acids is 1. The van der Waals surface area contributed by atoms with E-state index >= 15 is 0 Å². The first-order chi connectivity index (χ1) is 4.54. The summed E-state index contributed by atoms with van der Waals surface area (Å²) in [6, 6.07) is 0. The lowest BCUT2D eigenvalue weighted by atomic mass is 9.91. The Morgan fingerprint density at radius 1 is 1.50 bits per heavy atom. The molecule has 0 saturated carbocycles. The second-order valence-electron chi connectivity index (χ2n) is 2.86. The Bertz CT molecular complexity index is 75.7. The number of hydrogen-bond acceptors (Lipinski definition) is 2. The largest absolute Gasteiger partial charge is 0.372 e. The molecule has 0 rings (SSSR count). The molecule has 0 radical (unpaired) electrons. The molecule has 0 aliphatic rings. The second-order valence-corrected chi connectivity index (χ2v) is 2.86. The molecule has 0 unspecified atom stereocenters. The molecule has 0 aromatic heterocycles. The Balaban J connectivity index is 0. The molecule has 0 aromatic rings. The molecule has 0 bridgehead atoms. The number of nitrogens with two attached hydrogens (primary N) is 2. The van der Waals surface area contributed by atoms with Gasteiger partial charge in [-0.15, -0.1) is 0 Å². The highest BCUT2D eigenvalue weighted by atomic mass is 16.1. The molecule has 0 atom stereocenters. The Kier molecular flexibility index (Phi) is 7.95. The number of carbonyl (C=O) groups is 1. The molecule has 4 N–H and O–H groups in total. The van der Waals surface area contributed by atoms with Crippen molar-refractivity contribution in [1.82, 2.24) is 0 Å². The summed E-state index contributed by atoms with van der Waals surface area (Å²) in [5, 5.41) is 0. The minimum Gasteiger partial charge on any atom is -0.372 e. The first kappa shape index (κ1) is 12.1. The summed E-state index contributed by atoms with van der Waals surface area (Å²) >= 11 is 0. The van der Waals surface area contributed by atoms with Crippen molar-refractivity contribution < 1.29 is 4.79 Å². The van der Waals surface area contributed by atoms with Gasteiger partial charge in [0.2, 0.25) is 6.41 Å². The zero-order chi connectivity index (χ0) is 8.62. The van der Waals surface area contributed by atoms with E-state index in [-0.39, 0.29) is 6.41 Å². The molecule has 0 aliphatic heterocycles. The molecule has 1 amide bonds. The Morgan fingerprint density at radius 3 is 1.80 bits per heavy atom. The first-order valence-electron chi connectivity index (χ1n) is 3.39. The van der Waals surface area contributed by atoms with E-state index in [4.69, 9.17) is 10.5 Å². The minimum atomic E-state index is 0.250. The van der Waals surface area contributed by atoms with Crippen LogP contribution >= 0.6 is 0 Å². The van der Waals surface area contributed by atoms with Crippen molar-refractivity contribution in [1.29, 1.82) is 0 Å². The van der Waals surface area contributed by atoms with Gasteiger partial charge in [-0.3, -0.25) is 4.79 Å². The van der Waals surface area contributed by atoms with Crippen molar-refractivity contribution in [3.05, 3.63) is 0 Å². The molecule has 10 heavy (non-hydrogen) atoms. The van der Waals surface area contributed by atoms with E-state index in [1.54, 1.807) is 0 Å². The summed E-state index contributed by atoms with van der Waals surface area (Å²) in [7, 11) is 0. The van der Waals surface area contributed by atoms with Crippen LogP contribution in [0.1, 0.15) is 27.2 Å². The number of rotatable bonds is 2. The molecule has 3 heteroatoms. The normalized spacial score (nSPS) is 9.60. The summed E-state index contributed by atoms with van der Waals surface area (Å²) in [4.78, 5) is 8.58. The summed E-state index contributed by atoms with van der Waals surface area (Å²) in [6.45, 7) is 7.30. The lowest BCUT2D eigenvalue weighted by Crippen LogP contribution is -2.21. The van der Waals surface area contributed by atoms with Crippen molar-refractivity contribution in [2.75, 3.05) is 6.54 Å². The van der Waals surface area contributed by atoms with Crippen molar-refractivity contribution in [2.45, 2.75) is 27.2 Å². The van der Waals surface area contributed by atoms with Crippen LogP contribution in [0.15, 0.2) is 0 Å². The van der Waals surface area contributed by atoms with Gasteiger partial charge in [-0.1, -0.05) is 20.8 Å². The summed E-state index contributed by atoms with van der Waals surface area (Å²) in [5.74, 6) is 0. The SMILES string of the molecule is CCC(C)(C)CN.NC=O. The van der Waals surface area contributed by atoms with Crippen molar-refractivity contribution in [3.8, 4) is 0 Å². The van der Waals surface area contributed by atoms with Gasteiger partial charge in [0.05, 0.1) is 0 Å². The first-order valence-corrected chi connectivity index (χ1v) is 3.39. The van der Waals surface area contributed by atoms with Gasteiger partial charge < -0.3 is 11.5 Å². The van der Waals surface area contributed by atoms with E-state index in [0.717, 1.165) is 6.54 Å². The van der Waals surface area contributed by atoms with E-state index in [1.165, 1.54) is 6.42 Å². The van der Waals surface area contributed by atoms with Crippen LogP contribution in [0.4, 0.5) is 0 Å². The van der Waals surface area contributed by atoms with Gasteiger partial charge in [-0.25, -0.2) is 0 Å². The maximum Gasteiger partial charge on any atom is 0.204 e. The van der Waals surface area contributed by atoms with E-state index in [9.17, 15) is 0 Å². The Morgan fingerprint density at radius 2 is 1.80 bits per heavy atom. The molecular formula is C7H18N2O. The number of primary amides is 1. The third-order valence-electron chi connectivity index (χ3n) is 1.51. The average molecular weight is 146 g/mol. The predicted octanol–water partition coefficient (Wildman–Crippen LogP) is 0.483. The monoisotopic (exact) mass is 146 g/mol. The minimum absolute atomic E-state index is 0.250. The third kappa shape index (κ3) is 10.4. The molecule has 3 nitrogen and oxygen atoms in total. The summed E-state index contributed by atoms with van der Waals surface area (Å²) in [6.07, 6.45) is 1.42. The maximum atomic E-state index is 8.58. The fourth-order valence-corrected chi connectivity index (χ4v) is 0.144. The topological polar surface area (TPSA) is 69.1 Å². The highest BCUT2D eigenvalue weighted by Gasteiger charge is 2.10. The smallest absolute Gasteiger partial charge is 0.204 e.